The second-order valence-electron chi connectivity index (χ2n) is 7.17. The summed E-state index contributed by atoms with van der Waals surface area (Å²) in [5.41, 5.74) is -0.899. The minimum Gasteiger partial charge on any atom is -0.475 e. The van der Waals surface area contributed by atoms with Gasteiger partial charge in [-0.1, -0.05) is 0 Å². The topological polar surface area (TPSA) is 130 Å². The van der Waals surface area contributed by atoms with E-state index in [4.69, 9.17) is 9.90 Å². The lowest BCUT2D eigenvalue weighted by atomic mass is 10.3. The molecule has 1 aliphatic rings. The third-order valence-corrected chi connectivity index (χ3v) is 4.61. The van der Waals surface area contributed by atoms with Gasteiger partial charge in [0.15, 0.2) is 5.69 Å². The molecule has 1 saturated heterocycles. The van der Waals surface area contributed by atoms with Crippen LogP contribution in [0.3, 0.4) is 0 Å². The Morgan fingerprint density at radius 3 is 2.29 bits per heavy atom. The second kappa shape index (κ2) is 9.77. The third kappa shape index (κ3) is 6.17. The van der Waals surface area contributed by atoms with Gasteiger partial charge in [-0.3, -0.25) is 9.48 Å². The number of aromatic nitrogens is 5. The molecular weight excluding hydrogens is 490 g/mol. The van der Waals surface area contributed by atoms with Crippen LogP contribution in [0.5, 0.6) is 0 Å². The van der Waals surface area contributed by atoms with E-state index in [9.17, 15) is 31.1 Å². The highest BCUT2D eigenvalue weighted by Gasteiger charge is 2.38. The number of alkyl halides is 6. The Bertz CT molecular complexity index is 1210. The van der Waals surface area contributed by atoms with E-state index < -0.39 is 35.6 Å². The van der Waals surface area contributed by atoms with Crippen LogP contribution in [0.2, 0.25) is 0 Å². The van der Waals surface area contributed by atoms with Crippen molar-refractivity contribution in [1.82, 2.24) is 29.7 Å². The fourth-order valence-electron chi connectivity index (χ4n) is 3.05. The number of hydrogen-bond donors (Lipinski definition) is 3. The molecule has 0 aliphatic carbocycles. The van der Waals surface area contributed by atoms with Gasteiger partial charge >= 0.3 is 18.3 Å². The molecule has 11 nitrogen and oxygen atoms in total. The van der Waals surface area contributed by atoms with Crippen LogP contribution in [0.4, 0.5) is 38.0 Å². The molecule has 1 fully saturated rings. The largest absolute Gasteiger partial charge is 0.490 e. The number of anilines is 2. The molecule has 0 bridgehead atoms. The van der Waals surface area contributed by atoms with Crippen molar-refractivity contribution in [2.45, 2.75) is 12.4 Å². The summed E-state index contributed by atoms with van der Waals surface area (Å²) in [6.07, 6.45) is -7.08. The fourth-order valence-corrected chi connectivity index (χ4v) is 3.05. The second-order valence-corrected chi connectivity index (χ2v) is 7.17. The summed E-state index contributed by atoms with van der Waals surface area (Å²) in [4.78, 5) is 27.8. The summed E-state index contributed by atoms with van der Waals surface area (Å²) in [6.45, 7) is 3.03. The summed E-state index contributed by atoms with van der Waals surface area (Å²) < 4.78 is 73.4. The van der Waals surface area contributed by atoms with Crippen LogP contribution < -0.4 is 15.5 Å². The van der Waals surface area contributed by atoms with E-state index in [-0.39, 0.29) is 5.69 Å². The van der Waals surface area contributed by atoms with Gasteiger partial charge in [-0.25, -0.2) is 14.3 Å². The Morgan fingerprint density at radius 1 is 1.09 bits per heavy atom. The molecule has 0 spiro atoms. The molecule has 3 N–H and O–H groups in total. The van der Waals surface area contributed by atoms with Crippen LogP contribution in [0.25, 0.3) is 5.52 Å². The van der Waals surface area contributed by atoms with E-state index in [0.29, 0.717) is 11.5 Å². The molecule has 3 aromatic rings. The van der Waals surface area contributed by atoms with E-state index in [1.165, 1.54) is 17.6 Å². The molecule has 4 heterocycles. The van der Waals surface area contributed by atoms with E-state index in [0.717, 1.165) is 37.1 Å². The van der Waals surface area contributed by atoms with Crippen LogP contribution in [0, 0.1) is 0 Å². The number of rotatable bonds is 3. The quantitative estimate of drug-likeness (QED) is 0.457. The first-order chi connectivity index (χ1) is 16.3. The predicted octanol–water partition coefficient (Wildman–Crippen LogP) is 1.78. The Balaban J connectivity index is 0.000000429. The molecule has 1 amide bonds. The average molecular weight is 508 g/mol. The van der Waals surface area contributed by atoms with Crippen LogP contribution >= 0.6 is 0 Å². The van der Waals surface area contributed by atoms with Crippen molar-refractivity contribution in [3.8, 4) is 0 Å². The minimum absolute atomic E-state index is 0.103. The van der Waals surface area contributed by atoms with Gasteiger partial charge in [0.25, 0.3) is 5.91 Å². The Labute approximate surface area is 192 Å². The van der Waals surface area contributed by atoms with Crippen molar-refractivity contribution < 1.29 is 41.0 Å². The molecule has 0 saturated carbocycles. The van der Waals surface area contributed by atoms with Gasteiger partial charge in [0.2, 0.25) is 5.95 Å². The molecule has 4 rings (SSSR count). The summed E-state index contributed by atoms with van der Waals surface area (Å²) >= 11 is 0. The summed E-state index contributed by atoms with van der Waals surface area (Å²) in [6, 6.07) is 3.12. The molecular formula is C18H18F6N8O3. The zero-order valence-corrected chi connectivity index (χ0v) is 17.9. The average Bonchev–Trinajstić information content (AvgIpc) is 3.36. The maximum atomic E-state index is 13.1. The number of carbonyl (C=O) groups is 2. The molecule has 190 valence electrons. The molecule has 0 radical (unpaired) electrons. The molecule has 3 aromatic heterocycles. The molecule has 0 aromatic carbocycles. The standard InChI is InChI=1S/C16H17F3N8O.C2HF3O2/c1-25-9-11(13(23-25)16(17,18)19)22-14(28)12-3-2-10-8-21-15(24-27(10)12)26-6-4-20-5-7-26;3-2(4,5)1(6)7/h2-3,8-9,20H,4-7H2,1H3,(H,22,28);(H,6,7). The molecule has 17 heteroatoms. The van der Waals surface area contributed by atoms with Crippen molar-refractivity contribution in [3.05, 3.63) is 35.9 Å². The number of aliphatic carboxylic acids is 1. The summed E-state index contributed by atoms with van der Waals surface area (Å²) in [7, 11) is 1.35. The number of nitrogens with one attached hydrogen (secondary N) is 2. The predicted molar refractivity (Wildman–Crippen MR) is 108 cm³/mol. The van der Waals surface area contributed by atoms with Gasteiger partial charge in [0, 0.05) is 39.4 Å². The highest BCUT2D eigenvalue weighted by molar-refractivity contribution is 6.04. The Kier molecular flexibility index (Phi) is 7.18. The molecule has 0 atom stereocenters. The monoisotopic (exact) mass is 508 g/mol. The van der Waals surface area contributed by atoms with Crippen LogP contribution in [-0.2, 0) is 18.0 Å². The van der Waals surface area contributed by atoms with Gasteiger partial charge < -0.3 is 20.6 Å². The van der Waals surface area contributed by atoms with Crippen LogP contribution in [0.15, 0.2) is 24.5 Å². The summed E-state index contributed by atoms with van der Waals surface area (Å²) in [5, 5.41) is 20.4. The van der Waals surface area contributed by atoms with E-state index in [1.54, 1.807) is 12.3 Å². The fraction of sp³-hybridized carbons (Fsp3) is 0.389. The van der Waals surface area contributed by atoms with Crippen molar-refractivity contribution >= 4 is 29.0 Å². The maximum absolute atomic E-state index is 13.1. The zero-order valence-electron chi connectivity index (χ0n) is 17.9. The Morgan fingerprint density at radius 2 is 1.71 bits per heavy atom. The summed E-state index contributed by atoms with van der Waals surface area (Å²) in [5.74, 6) is -3.02. The lowest BCUT2D eigenvalue weighted by Crippen LogP contribution is -2.44. The van der Waals surface area contributed by atoms with E-state index >= 15 is 0 Å². The lowest BCUT2D eigenvalue weighted by molar-refractivity contribution is -0.192. The number of fused-ring (bicyclic) bond motifs is 1. The molecule has 1 aliphatic heterocycles. The first-order valence-corrected chi connectivity index (χ1v) is 9.80. The number of carbonyl (C=O) groups excluding carboxylic acids is 1. The van der Waals surface area contributed by atoms with Gasteiger partial charge in [-0.15, -0.1) is 5.10 Å². The minimum atomic E-state index is -5.08. The number of piperazine rings is 1. The maximum Gasteiger partial charge on any atom is 0.490 e. The first kappa shape index (κ1) is 25.7. The number of aryl methyl sites for hydroxylation is 1. The number of carboxylic acids is 1. The highest BCUT2D eigenvalue weighted by atomic mass is 19.4. The van der Waals surface area contributed by atoms with Gasteiger partial charge in [0.05, 0.1) is 17.4 Å². The lowest BCUT2D eigenvalue weighted by Gasteiger charge is -2.27. The van der Waals surface area contributed by atoms with Crippen LogP contribution in [-0.4, -0.2) is 73.7 Å². The molecule has 35 heavy (non-hydrogen) atoms. The van der Waals surface area contributed by atoms with E-state index in [1.807, 2.05) is 4.90 Å². The highest BCUT2D eigenvalue weighted by Crippen LogP contribution is 2.33. The van der Waals surface area contributed by atoms with Gasteiger partial charge in [-0.2, -0.15) is 31.4 Å². The number of amides is 1. The van der Waals surface area contributed by atoms with Crippen LogP contribution in [0.1, 0.15) is 16.2 Å². The number of carboxylic acid groups (broad SMARTS) is 1. The normalized spacial score (nSPS) is 14.4. The van der Waals surface area contributed by atoms with Crippen molar-refractivity contribution in [3.63, 3.8) is 0 Å². The number of nitrogens with zero attached hydrogens (tertiary/aromatic N) is 6. The molecule has 0 unspecified atom stereocenters. The zero-order chi connectivity index (χ0) is 26.0. The first-order valence-electron chi connectivity index (χ1n) is 9.80. The SMILES string of the molecule is Cn1cc(NC(=O)c2ccc3cnc(N4CCNCC4)nn23)c(C(F)(F)F)n1.O=C(O)C(F)(F)F. The Hall–Kier alpha value is -3.89. The van der Waals surface area contributed by atoms with Gasteiger partial charge in [-0.05, 0) is 12.1 Å². The van der Waals surface area contributed by atoms with Crippen molar-refractivity contribution in [1.29, 1.82) is 0 Å². The van der Waals surface area contributed by atoms with E-state index in [2.05, 4.69) is 25.8 Å². The van der Waals surface area contributed by atoms with Gasteiger partial charge in [0.1, 0.15) is 5.69 Å². The smallest absolute Gasteiger partial charge is 0.475 e. The number of hydrogen-bond acceptors (Lipinski definition) is 7. The third-order valence-electron chi connectivity index (χ3n) is 4.61. The number of halogens is 6. The van der Waals surface area contributed by atoms with Crippen molar-refractivity contribution in [2.75, 3.05) is 36.4 Å². The van der Waals surface area contributed by atoms with Crippen molar-refractivity contribution in [2.24, 2.45) is 7.05 Å².